The van der Waals surface area contributed by atoms with Crippen molar-refractivity contribution in [1.29, 1.82) is 0 Å². The smallest absolute Gasteiger partial charge is 0.313 e. The van der Waals surface area contributed by atoms with E-state index in [1.807, 2.05) is 20.8 Å². The molecule has 0 saturated carbocycles. The highest BCUT2D eigenvalue weighted by Gasteiger charge is 2.38. The van der Waals surface area contributed by atoms with E-state index in [2.05, 4.69) is 5.32 Å². The van der Waals surface area contributed by atoms with Crippen LogP contribution in [-0.2, 0) is 14.3 Å². The number of hydrogen-bond acceptors (Lipinski definition) is 4. The van der Waals surface area contributed by atoms with Crippen molar-refractivity contribution in [2.75, 3.05) is 26.3 Å². The molecule has 0 amide bonds. The molecular weight excluding hydrogens is 194 g/mol. The molecule has 2 unspecified atom stereocenters. The van der Waals surface area contributed by atoms with Gasteiger partial charge in [-0.05, 0) is 33.7 Å². The summed E-state index contributed by atoms with van der Waals surface area (Å²) in [4.78, 5) is 11.8. The predicted molar refractivity (Wildman–Crippen MR) is 57.6 cm³/mol. The minimum absolute atomic E-state index is 0.111. The average molecular weight is 215 g/mol. The van der Waals surface area contributed by atoms with E-state index in [4.69, 9.17) is 9.47 Å². The lowest BCUT2D eigenvalue weighted by Gasteiger charge is -2.23. The maximum atomic E-state index is 11.8. The SMILES string of the molecule is CCOCC(C)OC(=O)C1(C)CCNC1. The Kier molecular flexibility index (Phi) is 4.54. The quantitative estimate of drug-likeness (QED) is 0.694. The number of ether oxygens (including phenoxy) is 2. The predicted octanol–water partition coefficient (Wildman–Crippen LogP) is 0.954. The molecule has 0 aromatic rings. The number of esters is 1. The van der Waals surface area contributed by atoms with Crippen LogP contribution in [0.2, 0.25) is 0 Å². The molecule has 0 aromatic carbocycles. The van der Waals surface area contributed by atoms with Crippen LogP contribution in [0.1, 0.15) is 27.2 Å². The number of carbonyl (C=O) groups is 1. The molecular formula is C11H21NO3. The molecule has 0 aliphatic carbocycles. The minimum Gasteiger partial charge on any atom is -0.460 e. The van der Waals surface area contributed by atoms with E-state index < -0.39 is 0 Å². The fraction of sp³-hybridized carbons (Fsp3) is 0.909. The lowest BCUT2D eigenvalue weighted by Crippen LogP contribution is -2.35. The van der Waals surface area contributed by atoms with Crippen molar-refractivity contribution in [3.63, 3.8) is 0 Å². The van der Waals surface area contributed by atoms with Gasteiger partial charge in [0, 0.05) is 13.2 Å². The highest BCUT2D eigenvalue weighted by Crippen LogP contribution is 2.26. The first-order valence-electron chi connectivity index (χ1n) is 5.58. The molecule has 1 aliphatic rings. The summed E-state index contributed by atoms with van der Waals surface area (Å²) in [5, 5.41) is 3.18. The van der Waals surface area contributed by atoms with Crippen LogP contribution in [0.4, 0.5) is 0 Å². The van der Waals surface area contributed by atoms with Crippen LogP contribution in [0.15, 0.2) is 0 Å². The second-order valence-corrected chi connectivity index (χ2v) is 4.36. The lowest BCUT2D eigenvalue weighted by atomic mass is 9.90. The first-order chi connectivity index (χ1) is 7.08. The second-order valence-electron chi connectivity index (χ2n) is 4.36. The Morgan fingerprint density at radius 2 is 2.33 bits per heavy atom. The van der Waals surface area contributed by atoms with Crippen molar-refractivity contribution in [2.24, 2.45) is 5.41 Å². The highest BCUT2D eigenvalue weighted by atomic mass is 16.6. The average Bonchev–Trinajstić information content (AvgIpc) is 2.63. The Balaban J connectivity index is 2.34. The molecule has 0 bridgehead atoms. The summed E-state index contributed by atoms with van der Waals surface area (Å²) in [6, 6.07) is 0. The molecule has 88 valence electrons. The minimum atomic E-state index is -0.347. The van der Waals surface area contributed by atoms with E-state index in [-0.39, 0.29) is 17.5 Å². The van der Waals surface area contributed by atoms with Crippen molar-refractivity contribution < 1.29 is 14.3 Å². The first kappa shape index (κ1) is 12.5. The van der Waals surface area contributed by atoms with Gasteiger partial charge in [-0.3, -0.25) is 4.79 Å². The van der Waals surface area contributed by atoms with Crippen LogP contribution in [-0.4, -0.2) is 38.4 Å². The molecule has 1 rings (SSSR count). The van der Waals surface area contributed by atoms with Gasteiger partial charge in [0.2, 0.25) is 0 Å². The van der Waals surface area contributed by atoms with Crippen LogP contribution in [0.3, 0.4) is 0 Å². The van der Waals surface area contributed by atoms with Crippen molar-refractivity contribution in [2.45, 2.75) is 33.3 Å². The molecule has 1 saturated heterocycles. The van der Waals surface area contributed by atoms with E-state index in [0.29, 0.717) is 19.8 Å². The normalized spacial score (nSPS) is 27.7. The molecule has 4 heteroatoms. The van der Waals surface area contributed by atoms with Crippen LogP contribution in [0.25, 0.3) is 0 Å². The summed E-state index contributed by atoms with van der Waals surface area (Å²) < 4.78 is 10.5. The van der Waals surface area contributed by atoms with E-state index >= 15 is 0 Å². The Bertz CT molecular complexity index is 212. The Morgan fingerprint density at radius 3 is 2.87 bits per heavy atom. The monoisotopic (exact) mass is 215 g/mol. The fourth-order valence-electron chi connectivity index (χ4n) is 1.63. The topological polar surface area (TPSA) is 47.6 Å². The van der Waals surface area contributed by atoms with E-state index in [1.54, 1.807) is 0 Å². The summed E-state index contributed by atoms with van der Waals surface area (Å²) in [5.41, 5.74) is -0.347. The van der Waals surface area contributed by atoms with Gasteiger partial charge >= 0.3 is 5.97 Å². The van der Waals surface area contributed by atoms with Crippen molar-refractivity contribution in [3.8, 4) is 0 Å². The molecule has 4 nitrogen and oxygen atoms in total. The second kappa shape index (κ2) is 5.47. The van der Waals surface area contributed by atoms with Gasteiger partial charge in [0.05, 0.1) is 12.0 Å². The summed E-state index contributed by atoms with van der Waals surface area (Å²) in [7, 11) is 0. The van der Waals surface area contributed by atoms with Crippen LogP contribution in [0.5, 0.6) is 0 Å². The van der Waals surface area contributed by atoms with Gasteiger partial charge in [0.15, 0.2) is 0 Å². The lowest BCUT2D eigenvalue weighted by molar-refractivity contribution is -0.161. The first-order valence-corrected chi connectivity index (χ1v) is 5.58. The van der Waals surface area contributed by atoms with E-state index in [0.717, 1.165) is 13.0 Å². The summed E-state index contributed by atoms with van der Waals surface area (Å²) >= 11 is 0. The van der Waals surface area contributed by atoms with Crippen LogP contribution >= 0.6 is 0 Å². The van der Waals surface area contributed by atoms with Gasteiger partial charge in [0.1, 0.15) is 6.10 Å². The number of carbonyl (C=O) groups excluding carboxylic acids is 1. The van der Waals surface area contributed by atoms with Crippen molar-refractivity contribution in [3.05, 3.63) is 0 Å². The van der Waals surface area contributed by atoms with Crippen LogP contribution in [0, 0.1) is 5.41 Å². The number of rotatable bonds is 5. The zero-order chi connectivity index (χ0) is 11.3. The Morgan fingerprint density at radius 1 is 1.60 bits per heavy atom. The molecule has 1 N–H and O–H groups in total. The van der Waals surface area contributed by atoms with Gasteiger partial charge in [-0.15, -0.1) is 0 Å². The largest absolute Gasteiger partial charge is 0.460 e. The third kappa shape index (κ3) is 3.47. The van der Waals surface area contributed by atoms with Gasteiger partial charge in [-0.2, -0.15) is 0 Å². The van der Waals surface area contributed by atoms with Gasteiger partial charge in [-0.25, -0.2) is 0 Å². The molecule has 1 heterocycles. The summed E-state index contributed by atoms with van der Waals surface area (Å²) in [6.07, 6.45) is 0.697. The van der Waals surface area contributed by atoms with Crippen molar-refractivity contribution >= 4 is 5.97 Å². The molecule has 0 aromatic heterocycles. The van der Waals surface area contributed by atoms with Crippen molar-refractivity contribution in [1.82, 2.24) is 5.32 Å². The van der Waals surface area contributed by atoms with Gasteiger partial charge in [-0.1, -0.05) is 0 Å². The summed E-state index contributed by atoms with van der Waals surface area (Å²) in [5.74, 6) is -0.111. The van der Waals surface area contributed by atoms with E-state index in [1.165, 1.54) is 0 Å². The third-order valence-electron chi connectivity index (χ3n) is 2.73. The molecule has 2 atom stereocenters. The molecule has 1 aliphatic heterocycles. The zero-order valence-corrected chi connectivity index (χ0v) is 9.84. The number of hydrogen-bond donors (Lipinski definition) is 1. The Labute approximate surface area is 91.3 Å². The maximum Gasteiger partial charge on any atom is 0.313 e. The zero-order valence-electron chi connectivity index (χ0n) is 9.84. The van der Waals surface area contributed by atoms with Crippen LogP contribution < -0.4 is 5.32 Å². The van der Waals surface area contributed by atoms with E-state index in [9.17, 15) is 4.79 Å². The number of nitrogens with one attached hydrogen (secondary N) is 1. The molecule has 1 fully saturated rings. The highest BCUT2D eigenvalue weighted by molar-refractivity contribution is 5.77. The standard InChI is InChI=1S/C11H21NO3/c1-4-14-7-9(2)15-10(13)11(3)5-6-12-8-11/h9,12H,4-8H2,1-3H3. The summed E-state index contributed by atoms with van der Waals surface area (Å²) in [6.45, 7) is 8.48. The maximum absolute atomic E-state index is 11.8. The molecule has 0 radical (unpaired) electrons. The molecule has 0 spiro atoms. The van der Waals surface area contributed by atoms with Gasteiger partial charge in [0.25, 0.3) is 0 Å². The van der Waals surface area contributed by atoms with Gasteiger partial charge < -0.3 is 14.8 Å². The molecule has 15 heavy (non-hydrogen) atoms. The Hall–Kier alpha value is -0.610. The fourth-order valence-corrected chi connectivity index (χ4v) is 1.63. The third-order valence-corrected chi connectivity index (χ3v) is 2.73.